The predicted molar refractivity (Wildman–Crippen MR) is 232 cm³/mol. The molecule has 4 nitrogen and oxygen atoms in total. The number of anilines is 6. The molecule has 0 atom stereocenters. The molecule has 8 aromatic rings. The van der Waals surface area contributed by atoms with Crippen molar-refractivity contribution in [3.63, 3.8) is 0 Å². The molecule has 2 aliphatic heterocycles. The van der Waals surface area contributed by atoms with Crippen LogP contribution in [0.4, 0.5) is 34.1 Å². The van der Waals surface area contributed by atoms with Gasteiger partial charge >= 0.3 is 0 Å². The van der Waals surface area contributed by atoms with Crippen LogP contribution in [0.5, 0.6) is 0 Å². The fraction of sp³-hybridized carbons (Fsp3) is 0.115. The Kier molecular flexibility index (Phi) is 7.79. The Morgan fingerprint density at radius 1 is 0.339 bits per heavy atom. The zero-order chi connectivity index (χ0) is 38.0. The Labute approximate surface area is 329 Å². The molecular formula is C52H42N4. The number of hydrogen-bond donors (Lipinski definition) is 0. The SMILES string of the molecule is CC1(C)c2ccccc2N(c2ccc3c(c2)C(C)(C)c2cc(-c4nc(-c5ccccc5)cc(-c5ccccc5)n4)ccc2N3c2ccccc2)c2ccccc21. The molecule has 4 heteroatoms. The third-order valence-electron chi connectivity index (χ3n) is 11.8. The van der Waals surface area contributed by atoms with Crippen LogP contribution in [0.3, 0.4) is 0 Å². The summed E-state index contributed by atoms with van der Waals surface area (Å²) in [7, 11) is 0. The van der Waals surface area contributed by atoms with E-state index in [1.807, 2.05) is 12.1 Å². The van der Waals surface area contributed by atoms with Crippen LogP contribution in [0.2, 0.25) is 0 Å². The van der Waals surface area contributed by atoms with Gasteiger partial charge in [-0.2, -0.15) is 0 Å². The molecule has 2 aliphatic rings. The van der Waals surface area contributed by atoms with Crippen LogP contribution in [-0.4, -0.2) is 9.97 Å². The van der Waals surface area contributed by atoms with E-state index in [-0.39, 0.29) is 10.8 Å². The average Bonchev–Trinajstić information content (AvgIpc) is 3.25. The lowest BCUT2D eigenvalue weighted by Gasteiger charge is -2.44. The lowest BCUT2D eigenvalue weighted by Crippen LogP contribution is -2.32. The zero-order valence-electron chi connectivity index (χ0n) is 32.1. The maximum absolute atomic E-state index is 5.22. The molecule has 56 heavy (non-hydrogen) atoms. The van der Waals surface area contributed by atoms with Gasteiger partial charge in [0, 0.05) is 38.9 Å². The minimum atomic E-state index is -0.366. The van der Waals surface area contributed by atoms with E-state index in [1.54, 1.807) is 0 Å². The topological polar surface area (TPSA) is 32.3 Å². The van der Waals surface area contributed by atoms with Gasteiger partial charge in [0.1, 0.15) is 0 Å². The zero-order valence-corrected chi connectivity index (χ0v) is 32.1. The Balaban J connectivity index is 1.17. The van der Waals surface area contributed by atoms with Crippen molar-refractivity contribution >= 4 is 34.1 Å². The second-order valence-electron chi connectivity index (χ2n) is 15.9. The number of para-hydroxylation sites is 3. The maximum Gasteiger partial charge on any atom is 0.160 e. The summed E-state index contributed by atoms with van der Waals surface area (Å²) in [5.74, 6) is 0.707. The van der Waals surface area contributed by atoms with Crippen LogP contribution < -0.4 is 9.80 Å². The first-order chi connectivity index (χ1) is 27.3. The van der Waals surface area contributed by atoms with E-state index in [4.69, 9.17) is 9.97 Å². The van der Waals surface area contributed by atoms with Crippen molar-refractivity contribution in [1.29, 1.82) is 0 Å². The number of nitrogens with zero attached hydrogens (tertiary/aromatic N) is 4. The number of aromatic nitrogens is 2. The van der Waals surface area contributed by atoms with Crippen LogP contribution in [0.25, 0.3) is 33.9 Å². The third-order valence-corrected chi connectivity index (χ3v) is 11.8. The second-order valence-corrected chi connectivity index (χ2v) is 15.9. The molecule has 0 unspecified atom stereocenters. The second kappa shape index (κ2) is 12.9. The van der Waals surface area contributed by atoms with E-state index in [0.717, 1.165) is 45.1 Å². The van der Waals surface area contributed by atoms with Gasteiger partial charge in [0.05, 0.1) is 34.1 Å². The maximum atomic E-state index is 5.22. The predicted octanol–water partition coefficient (Wildman–Crippen LogP) is 13.7. The van der Waals surface area contributed by atoms with Gasteiger partial charge in [0.15, 0.2) is 5.82 Å². The first-order valence-electron chi connectivity index (χ1n) is 19.4. The van der Waals surface area contributed by atoms with Gasteiger partial charge in [0.25, 0.3) is 0 Å². The van der Waals surface area contributed by atoms with Crippen LogP contribution in [0.15, 0.2) is 182 Å². The van der Waals surface area contributed by atoms with Crippen LogP contribution in [0.1, 0.15) is 49.9 Å². The van der Waals surface area contributed by atoms with Gasteiger partial charge < -0.3 is 9.80 Å². The van der Waals surface area contributed by atoms with E-state index in [0.29, 0.717) is 5.82 Å². The molecule has 0 amide bonds. The Hall–Kier alpha value is -6.78. The summed E-state index contributed by atoms with van der Waals surface area (Å²) >= 11 is 0. The number of rotatable bonds is 5. The van der Waals surface area contributed by atoms with Gasteiger partial charge in [-0.05, 0) is 89.0 Å². The molecule has 0 N–H and O–H groups in total. The molecular weight excluding hydrogens is 681 g/mol. The van der Waals surface area contributed by atoms with Crippen molar-refractivity contribution in [1.82, 2.24) is 9.97 Å². The summed E-state index contributed by atoms with van der Waals surface area (Å²) in [5.41, 5.74) is 16.6. The normalized spacial score (nSPS) is 14.6. The molecule has 7 aromatic carbocycles. The fourth-order valence-electron chi connectivity index (χ4n) is 8.90. The van der Waals surface area contributed by atoms with Gasteiger partial charge in [-0.3, -0.25) is 0 Å². The molecule has 10 rings (SSSR count). The number of hydrogen-bond acceptors (Lipinski definition) is 4. The highest BCUT2D eigenvalue weighted by atomic mass is 15.2. The van der Waals surface area contributed by atoms with Gasteiger partial charge in [-0.15, -0.1) is 0 Å². The van der Waals surface area contributed by atoms with Crippen LogP contribution >= 0.6 is 0 Å². The minimum Gasteiger partial charge on any atom is -0.310 e. The highest BCUT2D eigenvalue weighted by Gasteiger charge is 2.40. The van der Waals surface area contributed by atoms with E-state index in [2.05, 4.69) is 207 Å². The third kappa shape index (κ3) is 5.36. The van der Waals surface area contributed by atoms with E-state index >= 15 is 0 Å². The molecule has 0 fully saturated rings. The largest absolute Gasteiger partial charge is 0.310 e. The number of benzene rings is 7. The molecule has 3 heterocycles. The molecule has 270 valence electrons. The van der Waals surface area contributed by atoms with Gasteiger partial charge in [-0.25, -0.2) is 9.97 Å². The minimum absolute atomic E-state index is 0.128. The Morgan fingerprint density at radius 2 is 0.768 bits per heavy atom. The molecule has 0 radical (unpaired) electrons. The first-order valence-corrected chi connectivity index (χ1v) is 19.4. The summed E-state index contributed by atoms with van der Waals surface area (Å²) in [6.45, 7) is 9.40. The standard InChI is InChI=1S/C52H42N4/c1-51(2)40-24-14-16-26-46(40)56(47-27-17-15-25-41(47)51)39-29-31-49-43(33-39)52(3,4)42-32-37(28-30-48(42)55(49)38-22-12-7-13-23-38)50-53-44(35-18-8-5-9-19-35)34-45(54-50)36-20-10-6-11-21-36/h5-34H,1-4H3. The van der Waals surface area contributed by atoms with Crippen molar-refractivity contribution in [2.75, 3.05) is 9.80 Å². The molecule has 0 bridgehead atoms. The van der Waals surface area contributed by atoms with E-state index < -0.39 is 0 Å². The molecule has 0 spiro atoms. The van der Waals surface area contributed by atoms with Crippen molar-refractivity contribution < 1.29 is 0 Å². The van der Waals surface area contributed by atoms with Crippen molar-refractivity contribution in [2.24, 2.45) is 0 Å². The van der Waals surface area contributed by atoms with Crippen LogP contribution in [-0.2, 0) is 10.8 Å². The number of fused-ring (bicyclic) bond motifs is 4. The van der Waals surface area contributed by atoms with E-state index in [1.165, 1.54) is 39.3 Å². The summed E-state index contributed by atoms with van der Waals surface area (Å²) in [6, 6.07) is 65.2. The smallest absolute Gasteiger partial charge is 0.160 e. The first kappa shape index (κ1) is 33.8. The van der Waals surface area contributed by atoms with E-state index in [9.17, 15) is 0 Å². The highest BCUT2D eigenvalue weighted by Crippen LogP contribution is 2.56. The monoisotopic (exact) mass is 722 g/mol. The fourth-order valence-corrected chi connectivity index (χ4v) is 8.90. The summed E-state index contributed by atoms with van der Waals surface area (Å²) < 4.78 is 0. The summed E-state index contributed by atoms with van der Waals surface area (Å²) in [5, 5.41) is 0. The lowest BCUT2D eigenvalue weighted by atomic mass is 9.72. The molecule has 0 aliphatic carbocycles. The van der Waals surface area contributed by atoms with Crippen molar-refractivity contribution in [3.05, 3.63) is 204 Å². The molecule has 0 saturated heterocycles. The summed E-state index contributed by atoms with van der Waals surface area (Å²) in [4.78, 5) is 15.3. The van der Waals surface area contributed by atoms with Gasteiger partial charge in [0.2, 0.25) is 0 Å². The summed E-state index contributed by atoms with van der Waals surface area (Å²) in [6.07, 6.45) is 0. The quantitative estimate of drug-likeness (QED) is 0.177. The van der Waals surface area contributed by atoms with Crippen molar-refractivity contribution in [2.45, 2.75) is 38.5 Å². The Bertz CT molecular complexity index is 2650. The lowest BCUT2D eigenvalue weighted by molar-refractivity contribution is 0.628. The van der Waals surface area contributed by atoms with Gasteiger partial charge in [-0.1, -0.05) is 143 Å². The molecule has 0 saturated carbocycles. The average molecular weight is 723 g/mol. The van der Waals surface area contributed by atoms with Crippen LogP contribution in [0, 0.1) is 0 Å². The Morgan fingerprint density at radius 3 is 1.34 bits per heavy atom. The molecule has 1 aromatic heterocycles. The van der Waals surface area contributed by atoms with Crippen molar-refractivity contribution in [3.8, 4) is 33.9 Å². The highest BCUT2D eigenvalue weighted by molar-refractivity contribution is 5.91.